The van der Waals surface area contributed by atoms with Crippen molar-refractivity contribution >= 4 is 23.4 Å². The first-order valence-electron chi connectivity index (χ1n) is 7.06. The zero-order chi connectivity index (χ0) is 14.4. The van der Waals surface area contributed by atoms with E-state index in [9.17, 15) is 4.79 Å². The number of benzene rings is 1. The molecule has 5 heteroatoms. The van der Waals surface area contributed by atoms with Crippen molar-refractivity contribution in [3.63, 3.8) is 0 Å². The molecule has 110 valence electrons. The number of nitrogens with two attached hydrogens (primary N) is 1. The number of hydrogen-bond acceptors (Lipinski definition) is 3. The van der Waals surface area contributed by atoms with E-state index in [0.29, 0.717) is 10.7 Å². The van der Waals surface area contributed by atoms with Gasteiger partial charge < -0.3 is 10.5 Å². The minimum Gasteiger partial charge on any atom is -0.447 e. The zero-order valence-corrected chi connectivity index (χ0v) is 12.3. The highest BCUT2D eigenvalue weighted by Crippen LogP contribution is 2.25. The summed E-state index contributed by atoms with van der Waals surface area (Å²) in [5, 5.41) is 3.23. The number of hydrogen-bond donors (Lipinski definition) is 2. The normalized spacial score (nSPS) is 18.1. The molecule has 1 aliphatic rings. The number of ether oxygens (including phenoxy) is 1. The molecule has 2 rings (SSSR count). The quantitative estimate of drug-likeness (QED) is 0.830. The Morgan fingerprint density at radius 3 is 2.65 bits per heavy atom. The third kappa shape index (κ3) is 4.69. The van der Waals surface area contributed by atoms with Gasteiger partial charge in [-0.15, -0.1) is 0 Å². The molecule has 0 bridgehead atoms. The van der Waals surface area contributed by atoms with Gasteiger partial charge in [-0.05, 0) is 31.0 Å². The van der Waals surface area contributed by atoms with E-state index in [1.54, 1.807) is 24.3 Å². The summed E-state index contributed by atoms with van der Waals surface area (Å²) in [6, 6.07) is 6.95. The minimum atomic E-state index is -0.485. The molecule has 1 saturated carbocycles. The van der Waals surface area contributed by atoms with Gasteiger partial charge in [0.05, 0.1) is 5.54 Å². The molecule has 4 nitrogen and oxygen atoms in total. The molecular weight excluding hydrogens is 276 g/mol. The standard InChI is InChI=1S/C15H21ClN2O2/c16-12-6-5-7-13(10-12)18-14(19)20-11-15(17)8-3-1-2-4-9-15/h5-7,10H,1-4,8-9,11,17H2,(H,18,19). The fraction of sp³-hybridized carbons (Fsp3) is 0.533. The van der Waals surface area contributed by atoms with Gasteiger partial charge in [0.15, 0.2) is 0 Å². The number of carbonyl (C=O) groups is 1. The van der Waals surface area contributed by atoms with Gasteiger partial charge in [-0.1, -0.05) is 43.4 Å². The van der Waals surface area contributed by atoms with Crippen LogP contribution >= 0.6 is 11.6 Å². The third-order valence-corrected chi connectivity index (χ3v) is 3.90. The van der Waals surface area contributed by atoms with Crippen molar-refractivity contribution in [3.8, 4) is 0 Å². The van der Waals surface area contributed by atoms with Crippen LogP contribution in [0.4, 0.5) is 10.5 Å². The average molecular weight is 297 g/mol. The van der Waals surface area contributed by atoms with Crippen molar-refractivity contribution < 1.29 is 9.53 Å². The van der Waals surface area contributed by atoms with E-state index in [-0.39, 0.29) is 12.1 Å². The Balaban J connectivity index is 1.82. The SMILES string of the molecule is NC1(COC(=O)Nc2cccc(Cl)c2)CCCCCC1. The Labute approximate surface area is 124 Å². The Bertz CT molecular complexity index is 457. The van der Waals surface area contributed by atoms with Gasteiger partial charge in [0.2, 0.25) is 0 Å². The van der Waals surface area contributed by atoms with Gasteiger partial charge in [0.1, 0.15) is 6.61 Å². The fourth-order valence-electron chi connectivity index (χ4n) is 2.51. The summed E-state index contributed by atoms with van der Waals surface area (Å²) in [6.45, 7) is 0.263. The molecule has 3 N–H and O–H groups in total. The van der Waals surface area contributed by atoms with E-state index in [1.807, 2.05) is 0 Å². The largest absolute Gasteiger partial charge is 0.447 e. The van der Waals surface area contributed by atoms with E-state index in [0.717, 1.165) is 25.7 Å². The maximum atomic E-state index is 11.8. The van der Waals surface area contributed by atoms with Crippen molar-refractivity contribution in [2.75, 3.05) is 11.9 Å². The van der Waals surface area contributed by atoms with Gasteiger partial charge in [-0.2, -0.15) is 0 Å². The lowest BCUT2D eigenvalue weighted by atomic mass is 9.93. The predicted octanol–water partition coefficient (Wildman–Crippen LogP) is 3.94. The fourth-order valence-corrected chi connectivity index (χ4v) is 2.70. The van der Waals surface area contributed by atoms with Gasteiger partial charge in [0.25, 0.3) is 0 Å². The van der Waals surface area contributed by atoms with Crippen LogP contribution in [0.1, 0.15) is 38.5 Å². The summed E-state index contributed by atoms with van der Waals surface area (Å²) in [6.07, 6.45) is 5.99. The summed E-state index contributed by atoms with van der Waals surface area (Å²) >= 11 is 5.86. The molecule has 1 aliphatic carbocycles. The van der Waals surface area contributed by atoms with Gasteiger partial charge >= 0.3 is 6.09 Å². The third-order valence-electron chi connectivity index (χ3n) is 3.66. The van der Waals surface area contributed by atoms with Gasteiger partial charge in [-0.25, -0.2) is 4.79 Å². The first-order chi connectivity index (χ1) is 9.57. The van der Waals surface area contributed by atoms with Crippen LogP contribution in [0, 0.1) is 0 Å². The van der Waals surface area contributed by atoms with Crippen molar-refractivity contribution in [2.45, 2.75) is 44.1 Å². The monoisotopic (exact) mass is 296 g/mol. The molecule has 0 heterocycles. The second-order valence-corrected chi connectivity index (χ2v) is 5.92. The maximum Gasteiger partial charge on any atom is 0.411 e. The van der Waals surface area contributed by atoms with Crippen LogP contribution < -0.4 is 11.1 Å². The number of rotatable bonds is 3. The number of nitrogens with one attached hydrogen (secondary N) is 1. The summed E-state index contributed by atoms with van der Waals surface area (Å²) in [5.41, 5.74) is 6.55. The van der Waals surface area contributed by atoms with E-state index in [4.69, 9.17) is 22.1 Å². The van der Waals surface area contributed by atoms with E-state index in [1.165, 1.54) is 12.8 Å². The summed E-state index contributed by atoms with van der Waals surface area (Å²) in [5.74, 6) is 0. The summed E-state index contributed by atoms with van der Waals surface area (Å²) in [7, 11) is 0. The van der Waals surface area contributed by atoms with Crippen LogP contribution in [-0.4, -0.2) is 18.2 Å². The lowest BCUT2D eigenvalue weighted by Crippen LogP contribution is -2.45. The number of amides is 1. The molecule has 1 amide bonds. The van der Waals surface area contributed by atoms with Crippen LogP contribution in [0.3, 0.4) is 0 Å². The van der Waals surface area contributed by atoms with Crippen LogP contribution in [0.5, 0.6) is 0 Å². The van der Waals surface area contributed by atoms with Crippen molar-refractivity contribution in [2.24, 2.45) is 5.73 Å². The lowest BCUT2D eigenvalue weighted by Gasteiger charge is -2.27. The smallest absolute Gasteiger partial charge is 0.411 e. The molecule has 1 aromatic rings. The molecule has 0 atom stereocenters. The zero-order valence-electron chi connectivity index (χ0n) is 11.5. The summed E-state index contributed by atoms with van der Waals surface area (Å²) in [4.78, 5) is 11.8. The van der Waals surface area contributed by atoms with Crippen LogP contribution in [0.15, 0.2) is 24.3 Å². The highest BCUT2D eigenvalue weighted by Gasteiger charge is 2.27. The average Bonchev–Trinajstić information content (AvgIpc) is 2.62. The van der Waals surface area contributed by atoms with E-state index < -0.39 is 6.09 Å². The highest BCUT2D eigenvalue weighted by atomic mass is 35.5. The Morgan fingerprint density at radius 1 is 1.30 bits per heavy atom. The van der Waals surface area contributed by atoms with Crippen LogP contribution in [0.2, 0.25) is 5.02 Å². The van der Waals surface area contributed by atoms with E-state index >= 15 is 0 Å². The second kappa shape index (κ2) is 6.95. The van der Waals surface area contributed by atoms with Crippen LogP contribution in [0.25, 0.3) is 0 Å². The number of halogens is 1. The molecule has 1 aromatic carbocycles. The molecule has 0 aliphatic heterocycles. The topological polar surface area (TPSA) is 64.3 Å². The Morgan fingerprint density at radius 2 is 2.00 bits per heavy atom. The van der Waals surface area contributed by atoms with Crippen molar-refractivity contribution in [1.29, 1.82) is 0 Å². The van der Waals surface area contributed by atoms with Crippen LogP contribution in [-0.2, 0) is 4.74 Å². The summed E-state index contributed by atoms with van der Waals surface area (Å²) < 4.78 is 5.27. The lowest BCUT2D eigenvalue weighted by molar-refractivity contribution is 0.122. The molecule has 0 unspecified atom stereocenters. The minimum absolute atomic E-state index is 0.263. The Kier molecular flexibility index (Phi) is 5.26. The van der Waals surface area contributed by atoms with Gasteiger partial charge in [-0.3, -0.25) is 5.32 Å². The van der Waals surface area contributed by atoms with Crippen molar-refractivity contribution in [1.82, 2.24) is 0 Å². The van der Waals surface area contributed by atoms with Gasteiger partial charge in [0, 0.05) is 10.7 Å². The molecule has 0 spiro atoms. The molecular formula is C15H21ClN2O2. The maximum absolute atomic E-state index is 11.8. The molecule has 0 radical (unpaired) electrons. The molecule has 20 heavy (non-hydrogen) atoms. The molecule has 1 fully saturated rings. The first kappa shape index (κ1) is 15.1. The second-order valence-electron chi connectivity index (χ2n) is 5.49. The van der Waals surface area contributed by atoms with Crippen molar-refractivity contribution in [3.05, 3.63) is 29.3 Å². The predicted molar refractivity (Wildman–Crippen MR) is 81.0 cm³/mol. The molecule has 0 saturated heterocycles. The first-order valence-corrected chi connectivity index (χ1v) is 7.43. The van der Waals surface area contributed by atoms with E-state index in [2.05, 4.69) is 5.32 Å². The number of anilines is 1. The molecule has 0 aromatic heterocycles. The number of carbonyl (C=O) groups excluding carboxylic acids is 1. The highest BCUT2D eigenvalue weighted by molar-refractivity contribution is 6.30. The Hall–Kier alpha value is -1.26.